The molecule has 0 saturated carbocycles. The van der Waals surface area contributed by atoms with Crippen LogP contribution in [-0.4, -0.2) is 22.4 Å². The summed E-state index contributed by atoms with van der Waals surface area (Å²) in [6.07, 6.45) is 0. The SMILES string of the molecule is O=C(Nc1ccccc1Cl)C(=O)Nn1c(C(=O)Nc2ccccc2)cc2cc(Cl)ccc21. The first-order valence-corrected chi connectivity index (χ1v) is 10.2. The molecule has 0 fully saturated rings. The van der Waals surface area contributed by atoms with Crippen molar-refractivity contribution in [1.82, 2.24) is 4.68 Å². The summed E-state index contributed by atoms with van der Waals surface area (Å²) in [7, 11) is 0. The largest absolute Gasteiger partial charge is 0.328 e. The molecule has 0 saturated heterocycles. The molecular formula is C23H16Cl2N4O3. The monoisotopic (exact) mass is 466 g/mol. The number of nitrogens with one attached hydrogen (secondary N) is 3. The molecule has 1 heterocycles. The lowest BCUT2D eigenvalue weighted by atomic mass is 10.2. The van der Waals surface area contributed by atoms with Crippen molar-refractivity contribution in [2.24, 2.45) is 0 Å². The van der Waals surface area contributed by atoms with Crippen molar-refractivity contribution in [3.8, 4) is 0 Å². The lowest BCUT2D eigenvalue weighted by molar-refractivity contribution is -0.133. The maximum Gasteiger partial charge on any atom is 0.328 e. The highest BCUT2D eigenvalue weighted by atomic mass is 35.5. The molecule has 3 N–H and O–H groups in total. The highest BCUT2D eigenvalue weighted by Crippen LogP contribution is 2.24. The summed E-state index contributed by atoms with van der Waals surface area (Å²) in [4.78, 5) is 38.0. The van der Waals surface area contributed by atoms with Crippen molar-refractivity contribution in [1.29, 1.82) is 0 Å². The quantitative estimate of drug-likeness (QED) is 0.373. The minimum absolute atomic E-state index is 0.116. The highest BCUT2D eigenvalue weighted by molar-refractivity contribution is 6.44. The molecule has 0 bridgehead atoms. The first-order valence-electron chi connectivity index (χ1n) is 9.46. The Labute approximate surface area is 192 Å². The Morgan fingerprint density at radius 3 is 2.22 bits per heavy atom. The average molecular weight is 467 g/mol. The van der Waals surface area contributed by atoms with Crippen molar-refractivity contribution < 1.29 is 14.4 Å². The Morgan fingerprint density at radius 2 is 1.47 bits per heavy atom. The van der Waals surface area contributed by atoms with Gasteiger partial charge in [0.25, 0.3) is 5.91 Å². The molecule has 0 aliphatic heterocycles. The van der Waals surface area contributed by atoms with Gasteiger partial charge in [0.2, 0.25) is 0 Å². The normalized spacial score (nSPS) is 10.6. The van der Waals surface area contributed by atoms with Gasteiger partial charge in [0.15, 0.2) is 0 Å². The second kappa shape index (κ2) is 9.13. The smallest absolute Gasteiger partial charge is 0.321 e. The molecule has 0 spiro atoms. The van der Waals surface area contributed by atoms with Gasteiger partial charge in [-0.05, 0) is 48.5 Å². The molecule has 0 radical (unpaired) electrons. The zero-order valence-electron chi connectivity index (χ0n) is 16.4. The number of rotatable bonds is 4. The fourth-order valence-electron chi connectivity index (χ4n) is 3.08. The summed E-state index contributed by atoms with van der Waals surface area (Å²) in [5.41, 5.74) is 3.96. The molecule has 32 heavy (non-hydrogen) atoms. The Morgan fingerprint density at radius 1 is 0.750 bits per heavy atom. The molecule has 3 aromatic carbocycles. The number of amides is 3. The van der Waals surface area contributed by atoms with Crippen LogP contribution in [0.4, 0.5) is 11.4 Å². The standard InChI is InChI=1S/C23H16Cl2N4O3/c24-15-10-11-19-14(12-15)13-20(21(30)26-16-6-2-1-3-7-16)29(19)28-23(32)22(31)27-18-9-5-4-8-17(18)25/h1-13H,(H,26,30)(H,27,31)(H,28,32). The first kappa shape index (κ1) is 21.4. The van der Waals surface area contributed by atoms with E-state index in [9.17, 15) is 14.4 Å². The van der Waals surface area contributed by atoms with Crippen LogP contribution in [0, 0.1) is 0 Å². The van der Waals surface area contributed by atoms with Gasteiger partial charge in [0, 0.05) is 16.1 Å². The lowest BCUT2D eigenvalue weighted by Gasteiger charge is -2.13. The number of nitrogens with zero attached hydrogens (tertiary/aromatic N) is 1. The molecule has 9 heteroatoms. The van der Waals surface area contributed by atoms with Gasteiger partial charge in [-0.15, -0.1) is 0 Å². The van der Waals surface area contributed by atoms with Gasteiger partial charge in [-0.25, -0.2) is 4.68 Å². The van der Waals surface area contributed by atoms with E-state index in [2.05, 4.69) is 16.1 Å². The van der Waals surface area contributed by atoms with Crippen LogP contribution < -0.4 is 16.1 Å². The third-order valence-corrected chi connectivity index (χ3v) is 5.13. The van der Waals surface area contributed by atoms with Crippen LogP contribution in [-0.2, 0) is 9.59 Å². The Kier molecular flexibility index (Phi) is 6.11. The molecule has 7 nitrogen and oxygen atoms in total. The first-order chi connectivity index (χ1) is 15.4. The number of halogens is 2. The van der Waals surface area contributed by atoms with E-state index in [1.165, 1.54) is 4.68 Å². The van der Waals surface area contributed by atoms with Crippen molar-refractivity contribution in [2.75, 3.05) is 16.1 Å². The van der Waals surface area contributed by atoms with E-state index in [-0.39, 0.29) is 10.7 Å². The van der Waals surface area contributed by atoms with Gasteiger partial charge in [-0.3, -0.25) is 19.8 Å². The molecule has 3 amide bonds. The van der Waals surface area contributed by atoms with Crippen molar-refractivity contribution in [2.45, 2.75) is 0 Å². The summed E-state index contributed by atoms with van der Waals surface area (Å²) in [5.74, 6) is -2.40. The average Bonchev–Trinajstić information content (AvgIpc) is 3.13. The van der Waals surface area contributed by atoms with E-state index >= 15 is 0 Å². The van der Waals surface area contributed by atoms with Crippen molar-refractivity contribution in [3.63, 3.8) is 0 Å². The fourth-order valence-corrected chi connectivity index (χ4v) is 3.45. The Bertz CT molecular complexity index is 1340. The maximum atomic E-state index is 12.9. The minimum atomic E-state index is -0.980. The molecule has 0 atom stereocenters. The number of carbonyl (C=O) groups excluding carboxylic acids is 3. The number of para-hydroxylation sites is 2. The minimum Gasteiger partial charge on any atom is -0.321 e. The highest BCUT2D eigenvalue weighted by Gasteiger charge is 2.21. The van der Waals surface area contributed by atoms with E-state index in [0.29, 0.717) is 27.3 Å². The van der Waals surface area contributed by atoms with Crippen LogP contribution in [0.25, 0.3) is 10.9 Å². The molecule has 4 rings (SSSR count). The summed E-state index contributed by atoms with van der Waals surface area (Å²) in [5, 5.41) is 6.58. The molecule has 1 aromatic heterocycles. The fraction of sp³-hybridized carbons (Fsp3) is 0. The summed E-state index contributed by atoms with van der Waals surface area (Å²) >= 11 is 12.1. The topological polar surface area (TPSA) is 92.2 Å². The van der Waals surface area contributed by atoms with E-state index in [4.69, 9.17) is 23.2 Å². The predicted molar refractivity (Wildman–Crippen MR) is 126 cm³/mol. The molecule has 0 unspecified atom stereocenters. The number of anilines is 2. The van der Waals surface area contributed by atoms with Gasteiger partial charge < -0.3 is 10.6 Å². The van der Waals surface area contributed by atoms with E-state index < -0.39 is 17.7 Å². The summed E-state index contributed by atoms with van der Waals surface area (Å²) in [6, 6.07) is 21.9. The van der Waals surface area contributed by atoms with E-state index in [1.807, 2.05) is 6.07 Å². The number of hydrogen-bond donors (Lipinski definition) is 3. The van der Waals surface area contributed by atoms with Gasteiger partial charge in [-0.1, -0.05) is 53.5 Å². The van der Waals surface area contributed by atoms with Crippen molar-refractivity contribution in [3.05, 3.63) is 94.6 Å². The van der Waals surface area contributed by atoms with Crippen LogP contribution in [0.2, 0.25) is 10.0 Å². The number of hydrogen-bond acceptors (Lipinski definition) is 3. The van der Waals surface area contributed by atoms with Crippen LogP contribution in [0.15, 0.2) is 78.9 Å². The number of carbonyl (C=O) groups is 3. The Balaban J connectivity index is 1.63. The molecular weight excluding hydrogens is 451 g/mol. The molecule has 4 aromatic rings. The van der Waals surface area contributed by atoms with Crippen LogP contribution in [0.5, 0.6) is 0 Å². The van der Waals surface area contributed by atoms with Crippen molar-refractivity contribution >= 4 is 63.2 Å². The predicted octanol–water partition coefficient (Wildman–Crippen LogP) is 4.91. The van der Waals surface area contributed by atoms with E-state index in [1.54, 1.807) is 72.8 Å². The lowest BCUT2D eigenvalue weighted by Crippen LogP contribution is -2.36. The summed E-state index contributed by atoms with van der Waals surface area (Å²) < 4.78 is 1.25. The zero-order valence-corrected chi connectivity index (χ0v) is 17.9. The van der Waals surface area contributed by atoms with Crippen LogP contribution >= 0.6 is 23.2 Å². The molecule has 0 aliphatic rings. The zero-order chi connectivity index (χ0) is 22.7. The third-order valence-electron chi connectivity index (χ3n) is 4.57. The second-order valence-electron chi connectivity index (χ2n) is 6.76. The van der Waals surface area contributed by atoms with Gasteiger partial charge in [-0.2, -0.15) is 0 Å². The Hall–Kier alpha value is -3.81. The third kappa shape index (κ3) is 4.59. The van der Waals surface area contributed by atoms with Gasteiger partial charge in [0.05, 0.1) is 16.2 Å². The molecule has 0 aliphatic carbocycles. The molecule has 160 valence electrons. The maximum absolute atomic E-state index is 12.9. The van der Waals surface area contributed by atoms with E-state index in [0.717, 1.165) is 0 Å². The van der Waals surface area contributed by atoms with Gasteiger partial charge >= 0.3 is 11.8 Å². The van der Waals surface area contributed by atoms with Crippen LogP contribution in [0.1, 0.15) is 10.5 Å². The second-order valence-corrected chi connectivity index (χ2v) is 7.61. The number of aromatic nitrogens is 1. The summed E-state index contributed by atoms with van der Waals surface area (Å²) in [6.45, 7) is 0. The van der Waals surface area contributed by atoms with Crippen LogP contribution in [0.3, 0.4) is 0 Å². The number of fused-ring (bicyclic) bond motifs is 1. The number of benzene rings is 3. The van der Waals surface area contributed by atoms with Gasteiger partial charge in [0.1, 0.15) is 5.69 Å².